The molecule has 0 saturated carbocycles. The first kappa shape index (κ1) is 20.4. The van der Waals surface area contributed by atoms with E-state index in [0.717, 1.165) is 47.1 Å². The van der Waals surface area contributed by atoms with Gasteiger partial charge in [-0.25, -0.2) is 17.5 Å². The molecule has 1 heterocycles. The molecule has 0 amide bonds. The number of carbonyl (C=O) groups is 1. The van der Waals surface area contributed by atoms with E-state index < -0.39 is 16.0 Å². The number of hydrogen-bond donors (Lipinski definition) is 0. The number of nitrogens with zero attached hydrogens (tertiary/aromatic N) is 2. The molecule has 1 fully saturated rings. The number of ether oxygens (including phenoxy) is 1. The topological polar surface area (TPSA) is 66.9 Å². The Morgan fingerprint density at radius 1 is 1.07 bits per heavy atom. The van der Waals surface area contributed by atoms with Crippen molar-refractivity contribution in [1.82, 2.24) is 4.31 Å². The second-order valence-corrected chi connectivity index (χ2v) is 9.37. The number of rotatable bonds is 6. The van der Waals surface area contributed by atoms with E-state index >= 15 is 0 Å². The minimum absolute atomic E-state index is 0.0859. The van der Waals surface area contributed by atoms with Gasteiger partial charge < -0.3 is 9.64 Å². The molecule has 7 heteroatoms. The van der Waals surface area contributed by atoms with Gasteiger partial charge in [0, 0.05) is 27.2 Å². The maximum atomic E-state index is 12.9. The van der Waals surface area contributed by atoms with Gasteiger partial charge in [0.25, 0.3) is 0 Å². The average molecular weight is 403 g/mol. The first-order chi connectivity index (χ1) is 13.3. The van der Waals surface area contributed by atoms with E-state index in [-0.39, 0.29) is 17.1 Å². The predicted molar refractivity (Wildman–Crippen MR) is 109 cm³/mol. The highest BCUT2D eigenvalue weighted by atomic mass is 32.2. The molecule has 0 radical (unpaired) electrons. The maximum absolute atomic E-state index is 12.9. The Balaban J connectivity index is 1.90. The van der Waals surface area contributed by atoms with E-state index in [9.17, 15) is 13.2 Å². The molecule has 0 bridgehead atoms. The van der Waals surface area contributed by atoms with E-state index in [0.29, 0.717) is 0 Å². The van der Waals surface area contributed by atoms with Crippen molar-refractivity contribution in [1.29, 1.82) is 0 Å². The number of aryl methyl sites for hydroxylation is 1. The first-order valence-corrected chi connectivity index (χ1v) is 10.8. The van der Waals surface area contributed by atoms with Gasteiger partial charge in [-0.2, -0.15) is 0 Å². The van der Waals surface area contributed by atoms with E-state index in [1.54, 1.807) is 12.1 Å². The van der Waals surface area contributed by atoms with Gasteiger partial charge >= 0.3 is 5.97 Å². The van der Waals surface area contributed by atoms with E-state index in [1.807, 2.05) is 31.2 Å². The van der Waals surface area contributed by atoms with Gasteiger partial charge in [0.05, 0.1) is 16.1 Å². The van der Waals surface area contributed by atoms with Crippen molar-refractivity contribution < 1.29 is 17.9 Å². The number of benzene rings is 2. The molecule has 6 nitrogen and oxygen atoms in total. The lowest BCUT2D eigenvalue weighted by Crippen LogP contribution is -2.24. The van der Waals surface area contributed by atoms with Crippen LogP contribution < -0.4 is 4.90 Å². The van der Waals surface area contributed by atoms with Crippen LogP contribution in [0.15, 0.2) is 47.4 Å². The van der Waals surface area contributed by atoms with Crippen LogP contribution >= 0.6 is 0 Å². The van der Waals surface area contributed by atoms with Crippen LogP contribution in [0.1, 0.15) is 34.3 Å². The molecule has 2 aromatic carbocycles. The SMILES string of the molecule is Cc1ccc(COC(=O)c2cc(S(=O)(=O)N(C)C)ccc2N2CCCC2)cc1. The average Bonchev–Trinajstić information content (AvgIpc) is 3.21. The summed E-state index contributed by atoms with van der Waals surface area (Å²) in [6.07, 6.45) is 2.10. The van der Waals surface area contributed by atoms with Gasteiger partial charge in [-0.1, -0.05) is 29.8 Å². The van der Waals surface area contributed by atoms with Gasteiger partial charge in [-0.05, 0) is 43.5 Å². The Bertz CT molecular complexity index is 947. The van der Waals surface area contributed by atoms with Crippen molar-refractivity contribution in [3.05, 3.63) is 59.2 Å². The Labute approximate surface area is 166 Å². The van der Waals surface area contributed by atoms with Gasteiger partial charge in [-0.15, -0.1) is 0 Å². The lowest BCUT2D eigenvalue weighted by Gasteiger charge is -2.22. The van der Waals surface area contributed by atoms with Crippen molar-refractivity contribution >= 4 is 21.7 Å². The molecule has 3 rings (SSSR count). The highest BCUT2D eigenvalue weighted by Gasteiger charge is 2.25. The van der Waals surface area contributed by atoms with Crippen molar-refractivity contribution in [3.63, 3.8) is 0 Å². The number of sulfonamides is 1. The summed E-state index contributed by atoms with van der Waals surface area (Å²) in [5, 5.41) is 0. The maximum Gasteiger partial charge on any atom is 0.340 e. The second kappa shape index (κ2) is 8.32. The smallest absolute Gasteiger partial charge is 0.340 e. The van der Waals surface area contributed by atoms with Crippen molar-refractivity contribution in [2.45, 2.75) is 31.3 Å². The first-order valence-electron chi connectivity index (χ1n) is 9.33. The monoisotopic (exact) mass is 402 g/mol. The molecule has 2 aromatic rings. The lowest BCUT2D eigenvalue weighted by atomic mass is 10.1. The third-order valence-corrected chi connectivity index (χ3v) is 6.71. The number of carbonyl (C=O) groups excluding carboxylic acids is 1. The van der Waals surface area contributed by atoms with Crippen LogP contribution in [-0.4, -0.2) is 45.9 Å². The quantitative estimate of drug-likeness (QED) is 0.694. The molecule has 0 spiro atoms. The zero-order valence-corrected chi connectivity index (χ0v) is 17.3. The molecular formula is C21H26N2O4S. The number of hydrogen-bond acceptors (Lipinski definition) is 5. The predicted octanol–water partition coefficient (Wildman–Crippen LogP) is 3.20. The molecule has 150 valence electrons. The van der Waals surface area contributed by atoms with Gasteiger partial charge in [0.1, 0.15) is 6.61 Å². The summed E-state index contributed by atoms with van der Waals surface area (Å²) in [5.74, 6) is -0.515. The summed E-state index contributed by atoms with van der Waals surface area (Å²) in [7, 11) is -0.695. The standard InChI is InChI=1S/C21H26N2O4S/c1-16-6-8-17(9-7-16)15-27-21(24)19-14-18(28(25,26)22(2)3)10-11-20(19)23-12-4-5-13-23/h6-11,14H,4-5,12-13,15H2,1-3H3. The van der Waals surface area contributed by atoms with E-state index in [4.69, 9.17) is 4.74 Å². The molecule has 28 heavy (non-hydrogen) atoms. The van der Waals surface area contributed by atoms with Crippen LogP contribution in [0, 0.1) is 6.92 Å². The van der Waals surface area contributed by atoms with Crippen molar-refractivity contribution in [2.75, 3.05) is 32.1 Å². The minimum atomic E-state index is -3.64. The molecule has 1 saturated heterocycles. The van der Waals surface area contributed by atoms with Crippen LogP contribution in [0.5, 0.6) is 0 Å². The van der Waals surface area contributed by atoms with Gasteiger partial charge in [0.2, 0.25) is 10.0 Å². The largest absolute Gasteiger partial charge is 0.457 e. The van der Waals surface area contributed by atoms with E-state index in [1.165, 1.54) is 20.2 Å². The highest BCUT2D eigenvalue weighted by molar-refractivity contribution is 7.89. The summed E-state index contributed by atoms with van der Waals surface area (Å²) < 4.78 is 31.7. The lowest BCUT2D eigenvalue weighted by molar-refractivity contribution is 0.0473. The normalized spacial score (nSPS) is 14.5. The Morgan fingerprint density at radius 2 is 1.71 bits per heavy atom. The molecular weight excluding hydrogens is 376 g/mol. The van der Waals surface area contributed by atoms with Gasteiger partial charge in [-0.3, -0.25) is 0 Å². The summed E-state index contributed by atoms with van der Waals surface area (Å²) in [6.45, 7) is 3.83. The highest BCUT2D eigenvalue weighted by Crippen LogP contribution is 2.29. The number of anilines is 1. The second-order valence-electron chi connectivity index (χ2n) is 7.22. The molecule has 0 aromatic heterocycles. The van der Waals surface area contributed by atoms with Crippen LogP contribution in [-0.2, 0) is 21.4 Å². The third kappa shape index (κ3) is 4.36. The summed E-state index contributed by atoms with van der Waals surface area (Å²) in [4.78, 5) is 15.0. The molecule has 0 N–H and O–H groups in total. The van der Waals surface area contributed by atoms with Crippen LogP contribution in [0.3, 0.4) is 0 Å². The fraction of sp³-hybridized carbons (Fsp3) is 0.381. The molecule has 1 aliphatic heterocycles. The summed E-state index contributed by atoms with van der Waals surface area (Å²) in [6, 6.07) is 12.4. The summed E-state index contributed by atoms with van der Waals surface area (Å²) >= 11 is 0. The van der Waals surface area contributed by atoms with Crippen molar-refractivity contribution in [2.24, 2.45) is 0 Å². The molecule has 0 atom stereocenters. The van der Waals surface area contributed by atoms with Crippen molar-refractivity contribution in [3.8, 4) is 0 Å². The third-order valence-electron chi connectivity index (χ3n) is 4.90. The fourth-order valence-corrected chi connectivity index (χ4v) is 4.12. The number of esters is 1. The van der Waals surface area contributed by atoms with Crippen LogP contribution in [0.4, 0.5) is 5.69 Å². The zero-order chi connectivity index (χ0) is 20.3. The van der Waals surface area contributed by atoms with Crippen LogP contribution in [0.25, 0.3) is 0 Å². The molecule has 1 aliphatic rings. The summed E-state index contributed by atoms with van der Waals surface area (Å²) in [5.41, 5.74) is 3.03. The van der Waals surface area contributed by atoms with E-state index in [2.05, 4.69) is 4.90 Å². The van der Waals surface area contributed by atoms with Crippen LogP contribution in [0.2, 0.25) is 0 Å². The van der Waals surface area contributed by atoms with Gasteiger partial charge in [0.15, 0.2) is 0 Å². The Morgan fingerprint density at radius 3 is 2.32 bits per heavy atom. The minimum Gasteiger partial charge on any atom is -0.457 e. The fourth-order valence-electron chi connectivity index (χ4n) is 3.19. The molecule has 0 aliphatic carbocycles. The zero-order valence-electron chi connectivity index (χ0n) is 16.5. The Hall–Kier alpha value is -2.38. The Kier molecular flexibility index (Phi) is 6.05. The molecule has 0 unspecified atom stereocenters.